The number of ketones is 1. The van der Waals surface area contributed by atoms with Gasteiger partial charge in [-0.1, -0.05) is 0 Å². The van der Waals surface area contributed by atoms with Gasteiger partial charge in [0.15, 0.2) is 17.3 Å². The number of nitrogens with zero attached hydrogens (tertiary/aromatic N) is 3. The van der Waals surface area contributed by atoms with Crippen LogP contribution in [0.5, 0.6) is 11.5 Å². The molecule has 0 radical (unpaired) electrons. The van der Waals surface area contributed by atoms with Crippen LogP contribution in [0.2, 0.25) is 0 Å². The minimum atomic E-state index is -0.201. The molecule has 3 aliphatic heterocycles. The molecule has 2 fully saturated rings. The number of Topliss-reactive ketones (excluding diaryl/α,β-unsaturated/α-hetero) is 1. The molecular formula is C21H28N4O5. The zero-order chi connectivity index (χ0) is 21.1. The van der Waals surface area contributed by atoms with Gasteiger partial charge < -0.3 is 19.7 Å². The quantitative estimate of drug-likeness (QED) is 0.686. The molecule has 162 valence electrons. The third-order valence-corrected chi connectivity index (χ3v) is 5.82. The largest absolute Gasteiger partial charge is 0.454 e. The summed E-state index contributed by atoms with van der Waals surface area (Å²) in [5.74, 6) is 0.836. The SMILES string of the molecule is CC(=O)c1cc2c(cc1NC(=O)CN1CCN(C(=O)CN3CCCC3)CC1)OCO2. The molecule has 4 rings (SSSR count). The van der Waals surface area contributed by atoms with Gasteiger partial charge in [-0.2, -0.15) is 0 Å². The van der Waals surface area contributed by atoms with Crippen molar-refractivity contribution in [1.82, 2.24) is 14.7 Å². The molecule has 0 bridgehead atoms. The minimum absolute atomic E-state index is 0.102. The molecule has 0 aromatic heterocycles. The lowest BCUT2D eigenvalue weighted by atomic mass is 10.1. The third kappa shape index (κ3) is 4.73. The van der Waals surface area contributed by atoms with Gasteiger partial charge in [-0.3, -0.25) is 24.2 Å². The van der Waals surface area contributed by atoms with Crippen molar-refractivity contribution in [2.45, 2.75) is 19.8 Å². The van der Waals surface area contributed by atoms with E-state index in [1.807, 2.05) is 9.80 Å². The Kier molecular flexibility index (Phi) is 6.19. The van der Waals surface area contributed by atoms with Crippen LogP contribution in [0.4, 0.5) is 5.69 Å². The van der Waals surface area contributed by atoms with Crippen molar-refractivity contribution in [3.05, 3.63) is 17.7 Å². The summed E-state index contributed by atoms with van der Waals surface area (Å²) in [6.45, 7) is 6.84. The maximum absolute atomic E-state index is 12.6. The Hall–Kier alpha value is -2.65. The van der Waals surface area contributed by atoms with E-state index in [4.69, 9.17) is 9.47 Å². The molecule has 0 aliphatic carbocycles. The van der Waals surface area contributed by atoms with E-state index in [0.717, 1.165) is 13.1 Å². The Morgan fingerprint density at radius 2 is 1.53 bits per heavy atom. The number of hydrogen-bond acceptors (Lipinski definition) is 7. The first-order valence-corrected chi connectivity index (χ1v) is 10.5. The number of rotatable bonds is 6. The number of piperazine rings is 1. The number of ether oxygens (including phenoxy) is 2. The van der Waals surface area contributed by atoms with Crippen LogP contribution in [-0.2, 0) is 9.59 Å². The highest BCUT2D eigenvalue weighted by Gasteiger charge is 2.25. The average Bonchev–Trinajstić information content (AvgIpc) is 3.39. The van der Waals surface area contributed by atoms with Gasteiger partial charge in [-0.05, 0) is 38.9 Å². The van der Waals surface area contributed by atoms with Crippen LogP contribution < -0.4 is 14.8 Å². The molecule has 30 heavy (non-hydrogen) atoms. The van der Waals surface area contributed by atoms with E-state index >= 15 is 0 Å². The van der Waals surface area contributed by atoms with Crippen molar-refractivity contribution in [3.8, 4) is 11.5 Å². The first kappa shape index (κ1) is 20.6. The number of amides is 2. The molecule has 0 spiro atoms. The van der Waals surface area contributed by atoms with Crippen molar-refractivity contribution < 1.29 is 23.9 Å². The summed E-state index contributed by atoms with van der Waals surface area (Å²) in [6, 6.07) is 3.23. The molecule has 1 N–H and O–H groups in total. The third-order valence-electron chi connectivity index (χ3n) is 5.82. The van der Waals surface area contributed by atoms with Gasteiger partial charge in [0.05, 0.1) is 18.8 Å². The first-order valence-electron chi connectivity index (χ1n) is 10.5. The Balaban J connectivity index is 1.28. The van der Waals surface area contributed by atoms with Crippen molar-refractivity contribution in [2.75, 3.05) is 64.5 Å². The fourth-order valence-corrected chi connectivity index (χ4v) is 4.12. The highest BCUT2D eigenvalue weighted by atomic mass is 16.7. The monoisotopic (exact) mass is 416 g/mol. The molecule has 1 aromatic rings. The fourth-order valence-electron chi connectivity index (χ4n) is 4.12. The summed E-state index contributed by atoms with van der Waals surface area (Å²) in [7, 11) is 0. The Bertz CT molecular complexity index is 829. The van der Waals surface area contributed by atoms with Crippen molar-refractivity contribution in [3.63, 3.8) is 0 Å². The number of fused-ring (bicyclic) bond motifs is 1. The van der Waals surface area contributed by atoms with E-state index in [-0.39, 0.29) is 30.9 Å². The molecule has 3 aliphatic rings. The van der Waals surface area contributed by atoms with Gasteiger partial charge in [0.1, 0.15) is 0 Å². The van der Waals surface area contributed by atoms with Crippen LogP contribution >= 0.6 is 0 Å². The molecule has 0 atom stereocenters. The predicted molar refractivity (Wildman–Crippen MR) is 110 cm³/mol. The predicted octanol–water partition coefficient (Wildman–Crippen LogP) is 0.796. The summed E-state index contributed by atoms with van der Waals surface area (Å²) in [4.78, 5) is 43.1. The molecule has 0 saturated carbocycles. The lowest BCUT2D eigenvalue weighted by molar-refractivity contribution is -0.134. The second kappa shape index (κ2) is 9.01. The molecule has 9 nitrogen and oxygen atoms in total. The maximum atomic E-state index is 12.6. The number of nitrogens with one attached hydrogen (secondary N) is 1. The number of carbonyl (C=O) groups excluding carboxylic acids is 3. The van der Waals surface area contributed by atoms with Crippen LogP contribution in [0.25, 0.3) is 0 Å². The zero-order valence-electron chi connectivity index (χ0n) is 17.3. The number of hydrogen-bond donors (Lipinski definition) is 1. The standard InChI is InChI=1S/C21H28N4O5/c1-15(26)16-10-18-19(30-14-29-18)11-17(16)22-20(27)12-24-6-8-25(9-7-24)21(28)13-23-4-2-3-5-23/h10-11H,2-9,12-14H2,1H3,(H,22,27). The van der Waals surface area contributed by atoms with Gasteiger partial charge in [-0.15, -0.1) is 0 Å². The number of likely N-dealkylation sites (tertiary alicyclic amines) is 1. The van der Waals surface area contributed by atoms with Crippen LogP contribution in [0.15, 0.2) is 12.1 Å². The summed E-state index contributed by atoms with van der Waals surface area (Å²) in [6.07, 6.45) is 2.34. The van der Waals surface area contributed by atoms with Crippen molar-refractivity contribution >= 4 is 23.3 Å². The molecule has 0 unspecified atom stereocenters. The lowest BCUT2D eigenvalue weighted by Crippen LogP contribution is -2.52. The smallest absolute Gasteiger partial charge is 0.238 e. The normalized spacial score (nSPS) is 19.2. The molecule has 1 aromatic carbocycles. The molecule has 3 heterocycles. The maximum Gasteiger partial charge on any atom is 0.238 e. The first-order chi connectivity index (χ1) is 14.5. The average molecular weight is 416 g/mol. The summed E-state index contributed by atoms with van der Waals surface area (Å²) < 4.78 is 10.7. The van der Waals surface area contributed by atoms with Gasteiger partial charge in [0.2, 0.25) is 18.6 Å². The van der Waals surface area contributed by atoms with Gasteiger partial charge >= 0.3 is 0 Å². The van der Waals surface area contributed by atoms with Crippen molar-refractivity contribution in [1.29, 1.82) is 0 Å². The highest BCUT2D eigenvalue weighted by Crippen LogP contribution is 2.37. The van der Waals surface area contributed by atoms with E-state index in [1.165, 1.54) is 19.8 Å². The second-order valence-electron chi connectivity index (χ2n) is 8.00. The van der Waals surface area contributed by atoms with E-state index < -0.39 is 0 Å². The van der Waals surface area contributed by atoms with Crippen LogP contribution in [0.3, 0.4) is 0 Å². The summed E-state index contributed by atoms with van der Waals surface area (Å²) in [5.41, 5.74) is 0.820. The summed E-state index contributed by atoms with van der Waals surface area (Å²) >= 11 is 0. The Labute approximate surface area is 175 Å². The minimum Gasteiger partial charge on any atom is -0.454 e. The zero-order valence-corrected chi connectivity index (χ0v) is 17.3. The molecule has 2 saturated heterocycles. The van der Waals surface area contributed by atoms with Gasteiger partial charge in [0, 0.05) is 37.8 Å². The van der Waals surface area contributed by atoms with Gasteiger partial charge in [-0.25, -0.2) is 0 Å². The van der Waals surface area contributed by atoms with Gasteiger partial charge in [0.25, 0.3) is 0 Å². The van der Waals surface area contributed by atoms with Crippen LogP contribution in [0.1, 0.15) is 30.1 Å². The van der Waals surface area contributed by atoms with E-state index in [1.54, 1.807) is 12.1 Å². The van der Waals surface area contributed by atoms with Crippen LogP contribution in [0, 0.1) is 0 Å². The summed E-state index contributed by atoms with van der Waals surface area (Å²) in [5, 5.41) is 2.83. The number of carbonyl (C=O) groups is 3. The number of benzene rings is 1. The fraction of sp³-hybridized carbons (Fsp3) is 0.571. The second-order valence-corrected chi connectivity index (χ2v) is 8.00. The van der Waals surface area contributed by atoms with E-state index in [0.29, 0.717) is 55.5 Å². The van der Waals surface area contributed by atoms with Crippen LogP contribution in [-0.4, -0.2) is 91.4 Å². The number of anilines is 1. The van der Waals surface area contributed by atoms with E-state index in [9.17, 15) is 14.4 Å². The Morgan fingerprint density at radius 3 is 2.20 bits per heavy atom. The lowest BCUT2D eigenvalue weighted by Gasteiger charge is -2.35. The Morgan fingerprint density at radius 1 is 0.900 bits per heavy atom. The molecule has 9 heteroatoms. The van der Waals surface area contributed by atoms with Crippen molar-refractivity contribution in [2.24, 2.45) is 0 Å². The molecule has 2 amide bonds. The topological polar surface area (TPSA) is 91.4 Å². The van der Waals surface area contributed by atoms with E-state index in [2.05, 4.69) is 10.2 Å². The highest BCUT2D eigenvalue weighted by molar-refractivity contribution is 6.05. The molecular weight excluding hydrogens is 388 g/mol.